The van der Waals surface area contributed by atoms with Crippen LogP contribution in [0.1, 0.15) is 26.7 Å². The first kappa shape index (κ1) is 14.4. The number of carbonyl (C=O) groups is 1. The summed E-state index contributed by atoms with van der Waals surface area (Å²) in [5.74, 6) is -0.740. The van der Waals surface area contributed by atoms with Crippen molar-refractivity contribution in [3.05, 3.63) is 0 Å². The highest BCUT2D eigenvalue weighted by molar-refractivity contribution is 5.79. The number of carboxylic acids is 1. The van der Waals surface area contributed by atoms with E-state index in [4.69, 9.17) is 10.5 Å². The average molecular weight is 244 g/mol. The van der Waals surface area contributed by atoms with Crippen LogP contribution < -0.4 is 5.73 Å². The molecule has 0 aromatic rings. The quantitative estimate of drug-likeness (QED) is 0.579. The number of hydrogen-bond donors (Lipinski definition) is 2. The number of carboxylic acid groups (broad SMARTS) is 1. The molecule has 1 rings (SSSR count). The molecule has 17 heavy (non-hydrogen) atoms. The van der Waals surface area contributed by atoms with Crippen molar-refractivity contribution < 1.29 is 14.6 Å². The zero-order valence-electron chi connectivity index (χ0n) is 10.8. The Bertz CT molecular complexity index is 256. The molecule has 0 radical (unpaired) electrons. The summed E-state index contributed by atoms with van der Waals surface area (Å²) in [6.07, 6.45) is 1.87. The van der Waals surface area contributed by atoms with Gasteiger partial charge >= 0.3 is 5.97 Å². The number of aliphatic carboxylic acids is 1. The van der Waals surface area contributed by atoms with Crippen LogP contribution >= 0.6 is 0 Å². The van der Waals surface area contributed by atoms with Crippen LogP contribution in [0.3, 0.4) is 0 Å². The molecule has 100 valence electrons. The van der Waals surface area contributed by atoms with E-state index < -0.39 is 11.5 Å². The zero-order chi connectivity index (χ0) is 12.9. The molecule has 1 aliphatic rings. The van der Waals surface area contributed by atoms with Crippen LogP contribution in [0.4, 0.5) is 0 Å². The summed E-state index contributed by atoms with van der Waals surface area (Å²) in [6.45, 7) is 7.23. The third kappa shape index (κ3) is 3.94. The summed E-state index contributed by atoms with van der Waals surface area (Å²) in [5.41, 5.74) is 4.96. The molecule has 0 aliphatic heterocycles. The zero-order valence-corrected chi connectivity index (χ0v) is 10.8. The lowest BCUT2D eigenvalue weighted by molar-refractivity contribution is -0.145. The Balaban J connectivity index is 2.48. The summed E-state index contributed by atoms with van der Waals surface area (Å²) >= 11 is 0. The summed E-state index contributed by atoms with van der Waals surface area (Å²) in [4.78, 5) is 13.4. The third-order valence-electron chi connectivity index (χ3n) is 3.39. The largest absolute Gasteiger partial charge is 0.480 e. The predicted molar refractivity (Wildman–Crippen MR) is 65.9 cm³/mol. The fourth-order valence-corrected chi connectivity index (χ4v) is 2.03. The van der Waals surface area contributed by atoms with E-state index >= 15 is 0 Å². The van der Waals surface area contributed by atoms with Gasteiger partial charge in [0.05, 0.1) is 6.61 Å². The second-order valence-corrected chi connectivity index (χ2v) is 4.69. The number of rotatable bonds is 9. The van der Waals surface area contributed by atoms with Gasteiger partial charge in [0.25, 0.3) is 0 Å². The normalized spacial score (nSPS) is 19.3. The van der Waals surface area contributed by atoms with Crippen LogP contribution in [-0.2, 0) is 9.53 Å². The maximum absolute atomic E-state index is 11.3. The Morgan fingerprint density at radius 1 is 1.53 bits per heavy atom. The molecule has 0 saturated heterocycles. The van der Waals surface area contributed by atoms with Crippen LogP contribution in [0, 0.1) is 5.92 Å². The van der Waals surface area contributed by atoms with Crippen molar-refractivity contribution in [2.24, 2.45) is 11.7 Å². The van der Waals surface area contributed by atoms with Gasteiger partial charge in [-0.25, -0.2) is 0 Å². The first-order valence-corrected chi connectivity index (χ1v) is 6.37. The van der Waals surface area contributed by atoms with Gasteiger partial charge in [-0.15, -0.1) is 0 Å². The molecule has 0 aromatic carbocycles. The Morgan fingerprint density at radius 2 is 2.18 bits per heavy atom. The van der Waals surface area contributed by atoms with E-state index in [0.717, 1.165) is 25.9 Å². The molecule has 0 aromatic heterocycles. The molecule has 0 amide bonds. The second-order valence-electron chi connectivity index (χ2n) is 4.69. The Labute approximate surface area is 103 Å². The fraction of sp³-hybridized carbons (Fsp3) is 0.917. The third-order valence-corrected chi connectivity index (χ3v) is 3.39. The van der Waals surface area contributed by atoms with E-state index in [-0.39, 0.29) is 5.92 Å². The Kier molecular flexibility index (Phi) is 5.36. The summed E-state index contributed by atoms with van der Waals surface area (Å²) in [6, 6.07) is 0. The van der Waals surface area contributed by atoms with E-state index in [1.54, 1.807) is 0 Å². The number of ether oxygens (including phenoxy) is 1. The Morgan fingerprint density at radius 3 is 2.59 bits per heavy atom. The van der Waals surface area contributed by atoms with E-state index in [1.165, 1.54) is 0 Å². The first-order chi connectivity index (χ1) is 8.04. The molecule has 0 heterocycles. The van der Waals surface area contributed by atoms with Crippen LogP contribution in [0.15, 0.2) is 0 Å². The summed E-state index contributed by atoms with van der Waals surface area (Å²) in [7, 11) is 0. The van der Waals surface area contributed by atoms with Crippen LogP contribution in [0.2, 0.25) is 0 Å². The number of nitrogens with zero attached hydrogens (tertiary/aromatic N) is 1. The van der Waals surface area contributed by atoms with Crippen LogP contribution in [0.5, 0.6) is 0 Å². The van der Waals surface area contributed by atoms with E-state index in [9.17, 15) is 9.90 Å². The summed E-state index contributed by atoms with van der Waals surface area (Å²) < 4.78 is 5.29. The van der Waals surface area contributed by atoms with Gasteiger partial charge in [0.2, 0.25) is 0 Å². The molecular weight excluding hydrogens is 220 g/mol. The van der Waals surface area contributed by atoms with Gasteiger partial charge in [0.15, 0.2) is 0 Å². The lowest BCUT2D eigenvalue weighted by Gasteiger charge is -2.31. The van der Waals surface area contributed by atoms with Crippen molar-refractivity contribution >= 4 is 5.97 Å². The van der Waals surface area contributed by atoms with Gasteiger partial charge in [-0.3, -0.25) is 9.69 Å². The predicted octanol–water partition coefficient (Wildman–Crippen LogP) is 0.537. The molecular formula is C12H24N2O3. The standard InChI is InChI=1S/C12H24N2O3/c1-3-14(7-8-17-4-2)9-12(13,11(15)16)10-5-6-10/h10H,3-9,13H2,1-2H3,(H,15,16). The van der Waals surface area contributed by atoms with Crippen molar-refractivity contribution in [3.63, 3.8) is 0 Å². The molecule has 1 unspecified atom stereocenters. The average Bonchev–Trinajstić information content (AvgIpc) is 3.11. The van der Waals surface area contributed by atoms with Gasteiger partial charge in [0.1, 0.15) is 5.54 Å². The second kappa shape index (κ2) is 6.33. The maximum Gasteiger partial charge on any atom is 0.325 e. The molecule has 1 fully saturated rings. The van der Waals surface area contributed by atoms with E-state index in [2.05, 4.69) is 4.90 Å². The topological polar surface area (TPSA) is 75.8 Å². The van der Waals surface area contributed by atoms with Gasteiger partial charge in [-0.05, 0) is 32.2 Å². The highest BCUT2D eigenvalue weighted by Gasteiger charge is 2.48. The molecule has 0 spiro atoms. The number of likely N-dealkylation sites (N-methyl/N-ethyl adjacent to an activating group) is 1. The minimum atomic E-state index is -1.08. The lowest BCUT2D eigenvalue weighted by atomic mass is 9.94. The van der Waals surface area contributed by atoms with E-state index in [1.807, 2.05) is 13.8 Å². The number of nitrogens with two attached hydrogens (primary N) is 1. The van der Waals surface area contributed by atoms with Gasteiger partial charge < -0.3 is 15.6 Å². The minimum absolute atomic E-state index is 0.140. The molecule has 0 bridgehead atoms. The molecule has 1 saturated carbocycles. The smallest absolute Gasteiger partial charge is 0.325 e. The van der Waals surface area contributed by atoms with Crippen molar-refractivity contribution in [3.8, 4) is 0 Å². The molecule has 5 nitrogen and oxygen atoms in total. The highest BCUT2D eigenvalue weighted by atomic mass is 16.5. The fourth-order valence-electron chi connectivity index (χ4n) is 2.03. The molecule has 5 heteroatoms. The Hall–Kier alpha value is -0.650. The van der Waals surface area contributed by atoms with Gasteiger partial charge in [-0.1, -0.05) is 6.92 Å². The van der Waals surface area contributed by atoms with Gasteiger partial charge in [-0.2, -0.15) is 0 Å². The molecule has 1 atom stereocenters. The minimum Gasteiger partial charge on any atom is -0.480 e. The van der Waals surface area contributed by atoms with Crippen molar-refractivity contribution in [1.82, 2.24) is 4.90 Å². The molecule has 3 N–H and O–H groups in total. The highest BCUT2D eigenvalue weighted by Crippen LogP contribution is 2.38. The van der Waals surface area contributed by atoms with Crippen LogP contribution in [-0.4, -0.2) is 54.4 Å². The first-order valence-electron chi connectivity index (χ1n) is 6.37. The SMILES string of the molecule is CCOCCN(CC)CC(N)(C(=O)O)C1CC1. The number of hydrogen-bond acceptors (Lipinski definition) is 4. The van der Waals surface area contributed by atoms with Crippen molar-refractivity contribution in [2.75, 3.05) is 32.8 Å². The van der Waals surface area contributed by atoms with Crippen molar-refractivity contribution in [1.29, 1.82) is 0 Å². The van der Waals surface area contributed by atoms with E-state index in [0.29, 0.717) is 19.8 Å². The lowest BCUT2D eigenvalue weighted by Crippen LogP contribution is -2.58. The monoisotopic (exact) mass is 244 g/mol. The summed E-state index contributed by atoms with van der Waals surface area (Å²) in [5, 5.41) is 9.28. The van der Waals surface area contributed by atoms with Gasteiger partial charge in [0, 0.05) is 19.7 Å². The maximum atomic E-state index is 11.3. The van der Waals surface area contributed by atoms with Crippen molar-refractivity contribution in [2.45, 2.75) is 32.2 Å². The van der Waals surface area contributed by atoms with Crippen LogP contribution in [0.25, 0.3) is 0 Å². The molecule has 1 aliphatic carbocycles.